The Labute approximate surface area is 81.0 Å². The lowest BCUT2D eigenvalue weighted by Gasteiger charge is -2.06. The zero-order valence-electron chi connectivity index (χ0n) is 7.00. The quantitative estimate of drug-likeness (QED) is 0.620. The highest BCUT2D eigenvalue weighted by Gasteiger charge is 2.04. The van der Waals surface area contributed by atoms with Crippen LogP contribution in [-0.2, 0) is 0 Å². The fourth-order valence-corrected chi connectivity index (χ4v) is 0.957. The molecule has 72 valence electrons. The molecule has 0 amide bonds. The SMILES string of the molecule is Nc1ncnc(NCCCO)c1Cl. The van der Waals surface area contributed by atoms with Crippen molar-refractivity contribution in [2.24, 2.45) is 0 Å². The van der Waals surface area contributed by atoms with Gasteiger partial charge in [-0.25, -0.2) is 9.97 Å². The molecule has 1 aromatic heterocycles. The van der Waals surface area contributed by atoms with Gasteiger partial charge in [0, 0.05) is 13.2 Å². The molecule has 0 fully saturated rings. The molecule has 1 aromatic rings. The van der Waals surface area contributed by atoms with Crippen LogP contribution in [0.4, 0.5) is 11.6 Å². The van der Waals surface area contributed by atoms with Crippen LogP contribution >= 0.6 is 11.6 Å². The third-order valence-corrected chi connectivity index (χ3v) is 1.82. The third kappa shape index (κ3) is 2.71. The summed E-state index contributed by atoms with van der Waals surface area (Å²) < 4.78 is 0. The maximum absolute atomic E-state index is 8.54. The number of nitrogens with zero attached hydrogens (tertiary/aromatic N) is 2. The number of nitrogen functional groups attached to an aromatic ring is 1. The molecule has 13 heavy (non-hydrogen) atoms. The van der Waals surface area contributed by atoms with Crippen LogP contribution in [0.25, 0.3) is 0 Å². The average molecular weight is 203 g/mol. The van der Waals surface area contributed by atoms with Gasteiger partial charge in [-0.15, -0.1) is 0 Å². The molecule has 0 saturated carbocycles. The molecule has 0 aliphatic rings. The van der Waals surface area contributed by atoms with E-state index in [0.717, 1.165) is 0 Å². The minimum Gasteiger partial charge on any atom is -0.396 e. The molecule has 1 rings (SSSR count). The van der Waals surface area contributed by atoms with Crippen molar-refractivity contribution in [2.45, 2.75) is 6.42 Å². The fraction of sp³-hybridized carbons (Fsp3) is 0.429. The van der Waals surface area contributed by atoms with Crippen LogP contribution in [0.15, 0.2) is 6.33 Å². The lowest BCUT2D eigenvalue weighted by molar-refractivity contribution is 0.292. The first-order valence-corrected chi connectivity index (χ1v) is 4.24. The summed E-state index contributed by atoms with van der Waals surface area (Å²) in [6.45, 7) is 0.734. The first-order valence-electron chi connectivity index (χ1n) is 3.86. The molecular formula is C7H11ClN4O. The van der Waals surface area contributed by atoms with Crippen molar-refractivity contribution in [3.8, 4) is 0 Å². The van der Waals surface area contributed by atoms with E-state index in [1.54, 1.807) is 0 Å². The number of halogens is 1. The first-order chi connectivity index (χ1) is 6.25. The molecule has 6 heteroatoms. The molecule has 0 aromatic carbocycles. The molecule has 0 aliphatic carbocycles. The van der Waals surface area contributed by atoms with E-state index in [9.17, 15) is 0 Å². The molecule has 0 radical (unpaired) electrons. The van der Waals surface area contributed by atoms with Crippen molar-refractivity contribution in [3.05, 3.63) is 11.3 Å². The van der Waals surface area contributed by atoms with Gasteiger partial charge in [-0.3, -0.25) is 0 Å². The number of nitrogens with one attached hydrogen (secondary N) is 1. The smallest absolute Gasteiger partial charge is 0.150 e. The molecule has 4 N–H and O–H groups in total. The molecule has 0 spiro atoms. The van der Waals surface area contributed by atoms with Crippen LogP contribution in [0.3, 0.4) is 0 Å². The van der Waals surface area contributed by atoms with Crippen LogP contribution in [0, 0.1) is 0 Å². The van der Waals surface area contributed by atoms with Crippen molar-refractivity contribution in [2.75, 3.05) is 24.2 Å². The predicted molar refractivity (Wildman–Crippen MR) is 51.6 cm³/mol. The standard InChI is InChI=1S/C7H11ClN4O/c8-5-6(9)11-4-12-7(5)10-2-1-3-13/h4,13H,1-3H2,(H3,9,10,11,12). The van der Waals surface area contributed by atoms with E-state index >= 15 is 0 Å². The van der Waals surface area contributed by atoms with Crippen LogP contribution < -0.4 is 11.1 Å². The Kier molecular flexibility index (Phi) is 3.72. The summed E-state index contributed by atoms with van der Waals surface area (Å²) in [6.07, 6.45) is 1.97. The van der Waals surface area contributed by atoms with Gasteiger partial charge in [0.2, 0.25) is 0 Å². The highest BCUT2D eigenvalue weighted by Crippen LogP contribution is 2.22. The molecule has 0 aliphatic heterocycles. The van der Waals surface area contributed by atoms with Crippen LogP contribution in [-0.4, -0.2) is 28.2 Å². The Morgan fingerprint density at radius 1 is 1.54 bits per heavy atom. The summed E-state index contributed by atoms with van der Waals surface area (Å²) in [7, 11) is 0. The minimum absolute atomic E-state index is 0.130. The van der Waals surface area contributed by atoms with Gasteiger partial charge in [0.1, 0.15) is 23.0 Å². The largest absolute Gasteiger partial charge is 0.396 e. The highest BCUT2D eigenvalue weighted by atomic mass is 35.5. The second kappa shape index (κ2) is 4.84. The second-order valence-electron chi connectivity index (χ2n) is 2.43. The number of anilines is 2. The van der Waals surface area contributed by atoms with E-state index in [-0.39, 0.29) is 12.4 Å². The number of aliphatic hydroxyl groups is 1. The van der Waals surface area contributed by atoms with E-state index < -0.39 is 0 Å². The Bertz CT molecular complexity index is 281. The van der Waals surface area contributed by atoms with Crippen LogP contribution in [0.5, 0.6) is 0 Å². The Morgan fingerprint density at radius 2 is 2.31 bits per heavy atom. The van der Waals surface area contributed by atoms with Gasteiger partial charge in [-0.05, 0) is 6.42 Å². The number of aliphatic hydroxyl groups excluding tert-OH is 1. The number of hydrogen-bond acceptors (Lipinski definition) is 5. The number of aromatic nitrogens is 2. The van der Waals surface area contributed by atoms with Gasteiger partial charge < -0.3 is 16.2 Å². The van der Waals surface area contributed by atoms with E-state index in [2.05, 4.69) is 15.3 Å². The van der Waals surface area contributed by atoms with Gasteiger partial charge >= 0.3 is 0 Å². The summed E-state index contributed by atoms with van der Waals surface area (Å²) in [5.74, 6) is 0.755. The third-order valence-electron chi connectivity index (χ3n) is 1.44. The Morgan fingerprint density at radius 3 is 3.00 bits per heavy atom. The number of hydrogen-bond donors (Lipinski definition) is 3. The van der Waals surface area contributed by atoms with Gasteiger partial charge in [0.15, 0.2) is 0 Å². The zero-order valence-corrected chi connectivity index (χ0v) is 7.75. The molecule has 0 saturated heterocycles. The molecule has 5 nitrogen and oxygen atoms in total. The van der Waals surface area contributed by atoms with E-state index in [1.807, 2.05) is 0 Å². The maximum Gasteiger partial charge on any atom is 0.150 e. The van der Waals surface area contributed by atoms with Crippen molar-refractivity contribution in [1.29, 1.82) is 0 Å². The van der Waals surface area contributed by atoms with E-state index in [1.165, 1.54) is 6.33 Å². The molecule has 1 heterocycles. The average Bonchev–Trinajstić information content (AvgIpc) is 2.13. The summed E-state index contributed by atoms with van der Waals surface area (Å²) in [5.41, 5.74) is 5.45. The van der Waals surface area contributed by atoms with Crippen molar-refractivity contribution in [1.82, 2.24) is 9.97 Å². The molecule has 0 unspecified atom stereocenters. The molecule has 0 bridgehead atoms. The van der Waals surface area contributed by atoms with Gasteiger partial charge in [-0.2, -0.15) is 0 Å². The van der Waals surface area contributed by atoms with Crippen LogP contribution in [0.1, 0.15) is 6.42 Å². The van der Waals surface area contributed by atoms with Gasteiger partial charge in [0.05, 0.1) is 0 Å². The normalized spacial score (nSPS) is 10.0. The van der Waals surface area contributed by atoms with Crippen molar-refractivity contribution in [3.63, 3.8) is 0 Å². The lowest BCUT2D eigenvalue weighted by Crippen LogP contribution is -2.07. The summed E-state index contributed by atoms with van der Waals surface area (Å²) in [6, 6.07) is 0. The monoisotopic (exact) mass is 202 g/mol. The molecule has 0 atom stereocenters. The summed E-state index contributed by atoms with van der Waals surface area (Å²) in [4.78, 5) is 7.61. The number of nitrogens with two attached hydrogens (primary N) is 1. The zero-order chi connectivity index (χ0) is 9.68. The minimum atomic E-state index is 0.130. The predicted octanol–water partition coefficient (Wildman–Crippen LogP) is 0.507. The van der Waals surface area contributed by atoms with E-state index in [0.29, 0.717) is 23.8 Å². The fourth-order valence-electron chi connectivity index (χ4n) is 0.793. The lowest BCUT2D eigenvalue weighted by atomic mass is 10.4. The van der Waals surface area contributed by atoms with Crippen molar-refractivity contribution < 1.29 is 5.11 Å². The summed E-state index contributed by atoms with van der Waals surface area (Å²) >= 11 is 5.80. The Balaban J connectivity index is 2.61. The van der Waals surface area contributed by atoms with Crippen molar-refractivity contribution >= 4 is 23.2 Å². The first kappa shape index (κ1) is 10.0. The van der Waals surface area contributed by atoms with E-state index in [4.69, 9.17) is 22.4 Å². The number of rotatable bonds is 4. The van der Waals surface area contributed by atoms with Gasteiger partial charge in [0.25, 0.3) is 0 Å². The Hall–Kier alpha value is -1.07. The molecular weight excluding hydrogens is 192 g/mol. The van der Waals surface area contributed by atoms with Crippen LogP contribution in [0.2, 0.25) is 5.02 Å². The second-order valence-corrected chi connectivity index (χ2v) is 2.80. The highest BCUT2D eigenvalue weighted by molar-refractivity contribution is 6.35. The van der Waals surface area contributed by atoms with Gasteiger partial charge in [-0.1, -0.05) is 11.6 Å². The topological polar surface area (TPSA) is 84.1 Å². The maximum atomic E-state index is 8.54. The summed E-state index contributed by atoms with van der Waals surface area (Å²) in [5, 5.41) is 11.8.